The van der Waals surface area contributed by atoms with Crippen LogP contribution in [0, 0.1) is 17.8 Å². The van der Waals surface area contributed by atoms with Crippen LogP contribution in [0.15, 0.2) is 0 Å². The molecule has 3 saturated carbocycles. The molecule has 3 aliphatic carbocycles. The topological polar surface area (TPSA) is 52.7 Å². The fourth-order valence-electron chi connectivity index (χ4n) is 4.84. The Morgan fingerprint density at radius 2 is 1.74 bits per heavy atom. The van der Waals surface area contributed by atoms with Crippen LogP contribution in [0.5, 0.6) is 0 Å². The van der Waals surface area contributed by atoms with Gasteiger partial charge in [-0.25, -0.2) is 0 Å². The molecule has 0 unspecified atom stereocenters. The summed E-state index contributed by atoms with van der Waals surface area (Å²) in [4.78, 5) is 28.6. The molecule has 4 rings (SSSR count). The summed E-state index contributed by atoms with van der Waals surface area (Å²) in [6.45, 7) is 3.73. The molecular formula is C18H29N3O2. The molecule has 3 atom stereocenters. The van der Waals surface area contributed by atoms with Gasteiger partial charge >= 0.3 is 0 Å². The van der Waals surface area contributed by atoms with Crippen molar-refractivity contribution in [1.82, 2.24) is 15.1 Å². The molecule has 1 aliphatic heterocycles. The van der Waals surface area contributed by atoms with Crippen LogP contribution in [-0.4, -0.2) is 60.4 Å². The van der Waals surface area contributed by atoms with Crippen molar-refractivity contribution in [2.45, 2.75) is 51.0 Å². The lowest BCUT2D eigenvalue weighted by Crippen LogP contribution is -2.51. The van der Waals surface area contributed by atoms with E-state index in [9.17, 15) is 9.59 Å². The largest absolute Gasteiger partial charge is 0.352 e. The lowest BCUT2D eigenvalue weighted by Gasteiger charge is -2.35. The van der Waals surface area contributed by atoms with Gasteiger partial charge in [-0.1, -0.05) is 6.42 Å². The molecule has 4 aliphatic rings. The molecule has 5 nitrogen and oxygen atoms in total. The molecule has 1 heterocycles. The van der Waals surface area contributed by atoms with Crippen molar-refractivity contribution < 1.29 is 9.59 Å². The number of fused-ring (bicyclic) bond motifs is 2. The summed E-state index contributed by atoms with van der Waals surface area (Å²) in [6, 6.07) is 0.437. The van der Waals surface area contributed by atoms with Crippen molar-refractivity contribution in [3.05, 3.63) is 0 Å². The molecule has 0 aromatic heterocycles. The van der Waals surface area contributed by atoms with Crippen LogP contribution in [0.4, 0.5) is 0 Å². The van der Waals surface area contributed by atoms with Gasteiger partial charge in [-0.3, -0.25) is 14.5 Å². The van der Waals surface area contributed by atoms with Crippen molar-refractivity contribution in [2.24, 2.45) is 17.8 Å². The van der Waals surface area contributed by atoms with Crippen LogP contribution < -0.4 is 5.32 Å². The molecule has 0 aromatic rings. The monoisotopic (exact) mass is 319 g/mol. The van der Waals surface area contributed by atoms with E-state index in [-0.39, 0.29) is 5.91 Å². The van der Waals surface area contributed by atoms with E-state index in [2.05, 4.69) is 10.2 Å². The molecule has 1 saturated heterocycles. The highest BCUT2D eigenvalue weighted by molar-refractivity contribution is 5.79. The number of carbonyl (C=O) groups excluding carboxylic acids is 2. The van der Waals surface area contributed by atoms with E-state index in [4.69, 9.17) is 0 Å². The third kappa shape index (κ3) is 3.70. The van der Waals surface area contributed by atoms with Gasteiger partial charge in [0, 0.05) is 38.6 Å². The minimum Gasteiger partial charge on any atom is -0.352 e. The van der Waals surface area contributed by atoms with E-state index in [1.807, 2.05) is 4.90 Å². The zero-order valence-corrected chi connectivity index (χ0v) is 14.0. The maximum Gasteiger partial charge on any atom is 0.234 e. The number of nitrogens with one attached hydrogen (secondary N) is 1. The summed E-state index contributed by atoms with van der Waals surface area (Å²) < 4.78 is 0. The van der Waals surface area contributed by atoms with Crippen molar-refractivity contribution in [1.29, 1.82) is 0 Å². The van der Waals surface area contributed by atoms with E-state index in [1.165, 1.54) is 25.7 Å². The third-order valence-electron chi connectivity index (χ3n) is 6.36. The maximum atomic E-state index is 12.5. The Morgan fingerprint density at radius 1 is 0.957 bits per heavy atom. The van der Waals surface area contributed by atoms with Crippen LogP contribution in [0.25, 0.3) is 0 Å². The molecule has 4 fully saturated rings. The van der Waals surface area contributed by atoms with Crippen LogP contribution in [0.2, 0.25) is 0 Å². The van der Waals surface area contributed by atoms with Crippen molar-refractivity contribution in [2.75, 3.05) is 32.7 Å². The number of hydrogen-bond acceptors (Lipinski definition) is 3. The van der Waals surface area contributed by atoms with Crippen LogP contribution in [-0.2, 0) is 9.59 Å². The highest BCUT2D eigenvalue weighted by Crippen LogP contribution is 2.49. The first-order valence-electron chi connectivity index (χ1n) is 9.47. The summed E-state index contributed by atoms with van der Waals surface area (Å²) in [6.07, 6.45) is 8.46. The molecular weight excluding hydrogens is 290 g/mol. The first kappa shape index (κ1) is 15.4. The molecule has 0 spiro atoms. The normalized spacial score (nSPS) is 33.9. The average molecular weight is 319 g/mol. The molecule has 2 amide bonds. The van der Waals surface area contributed by atoms with Gasteiger partial charge in [0.1, 0.15) is 0 Å². The van der Waals surface area contributed by atoms with Gasteiger partial charge in [-0.05, 0) is 49.9 Å². The van der Waals surface area contributed by atoms with Crippen LogP contribution >= 0.6 is 0 Å². The number of nitrogens with zero attached hydrogens (tertiary/aromatic N) is 2. The summed E-state index contributed by atoms with van der Waals surface area (Å²) in [5, 5.41) is 3.04. The number of piperazine rings is 1. The fourth-order valence-corrected chi connectivity index (χ4v) is 4.84. The van der Waals surface area contributed by atoms with Gasteiger partial charge in [0.05, 0.1) is 6.54 Å². The second-order valence-corrected chi connectivity index (χ2v) is 8.14. The first-order chi connectivity index (χ1) is 11.2. The van der Waals surface area contributed by atoms with Crippen molar-refractivity contribution in [3.63, 3.8) is 0 Å². The predicted octanol–water partition coefficient (Wildman–Crippen LogP) is 1.24. The Hall–Kier alpha value is -1.10. The van der Waals surface area contributed by atoms with Gasteiger partial charge in [-0.15, -0.1) is 0 Å². The molecule has 128 valence electrons. The van der Waals surface area contributed by atoms with E-state index in [1.54, 1.807) is 0 Å². The molecule has 23 heavy (non-hydrogen) atoms. The van der Waals surface area contributed by atoms with Crippen molar-refractivity contribution in [3.8, 4) is 0 Å². The Kier molecular flexibility index (Phi) is 4.31. The average Bonchev–Trinajstić information content (AvgIpc) is 3.10. The second kappa shape index (κ2) is 6.42. The highest BCUT2D eigenvalue weighted by Gasteiger charge is 2.40. The predicted molar refractivity (Wildman–Crippen MR) is 87.7 cm³/mol. The Morgan fingerprint density at radius 3 is 2.35 bits per heavy atom. The fraction of sp³-hybridized carbons (Fsp3) is 0.889. The lowest BCUT2D eigenvalue weighted by molar-refractivity contribution is -0.134. The third-order valence-corrected chi connectivity index (χ3v) is 6.36. The standard InChI is InChI=1S/C18H29N3O2/c22-17(19-16-3-4-16)12-20-5-7-21(8-6-20)18(23)11-15-10-13-1-2-14(15)9-13/h13-16H,1-12H2,(H,19,22)/t13-,14-,15-/m0/s1. The van der Waals surface area contributed by atoms with E-state index in [0.29, 0.717) is 24.4 Å². The molecule has 5 heteroatoms. The minimum atomic E-state index is 0.147. The Balaban J connectivity index is 1.18. The number of rotatable bonds is 5. The zero-order valence-electron chi connectivity index (χ0n) is 14.0. The van der Waals surface area contributed by atoms with Gasteiger partial charge in [0.2, 0.25) is 11.8 Å². The number of carbonyl (C=O) groups is 2. The molecule has 0 aromatic carbocycles. The second-order valence-electron chi connectivity index (χ2n) is 8.14. The summed E-state index contributed by atoms with van der Waals surface area (Å²) in [7, 11) is 0. The van der Waals surface area contributed by atoms with E-state index in [0.717, 1.165) is 57.3 Å². The summed E-state index contributed by atoms with van der Waals surface area (Å²) >= 11 is 0. The zero-order chi connectivity index (χ0) is 15.8. The van der Waals surface area contributed by atoms with E-state index >= 15 is 0 Å². The Labute approximate surface area is 138 Å². The maximum absolute atomic E-state index is 12.5. The number of amides is 2. The highest BCUT2D eigenvalue weighted by atomic mass is 16.2. The summed E-state index contributed by atoms with van der Waals surface area (Å²) in [5.74, 6) is 2.90. The van der Waals surface area contributed by atoms with Crippen LogP contribution in [0.1, 0.15) is 44.9 Å². The quantitative estimate of drug-likeness (QED) is 0.829. The molecule has 1 N–H and O–H groups in total. The van der Waals surface area contributed by atoms with E-state index < -0.39 is 0 Å². The first-order valence-corrected chi connectivity index (χ1v) is 9.47. The number of hydrogen-bond donors (Lipinski definition) is 1. The van der Waals surface area contributed by atoms with Gasteiger partial charge < -0.3 is 10.2 Å². The minimum absolute atomic E-state index is 0.147. The lowest BCUT2D eigenvalue weighted by atomic mass is 9.86. The van der Waals surface area contributed by atoms with Crippen molar-refractivity contribution >= 4 is 11.8 Å². The smallest absolute Gasteiger partial charge is 0.234 e. The van der Waals surface area contributed by atoms with Crippen LogP contribution in [0.3, 0.4) is 0 Å². The Bertz CT molecular complexity index is 469. The molecule has 2 bridgehead atoms. The SMILES string of the molecule is O=C(CN1CCN(C(=O)C[C@@H]2C[C@H]3CC[C@H]2C3)CC1)NC1CC1. The summed E-state index contributed by atoms with van der Waals surface area (Å²) in [5.41, 5.74) is 0. The van der Waals surface area contributed by atoms with Gasteiger partial charge in [0.15, 0.2) is 0 Å². The molecule has 0 radical (unpaired) electrons. The van der Waals surface area contributed by atoms with Gasteiger partial charge in [0.25, 0.3) is 0 Å². The van der Waals surface area contributed by atoms with Gasteiger partial charge in [-0.2, -0.15) is 0 Å².